The average molecular weight is 478 g/mol. The van der Waals surface area contributed by atoms with E-state index in [1.165, 1.54) is 12.1 Å². The second-order valence-electron chi connectivity index (χ2n) is 8.70. The van der Waals surface area contributed by atoms with Gasteiger partial charge in [-0.2, -0.15) is 5.10 Å². The van der Waals surface area contributed by atoms with E-state index in [0.717, 1.165) is 56.3 Å². The lowest BCUT2D eigenvalue weighted by Crippen LogP contribution is -2.37. The third-order valence-corrected chi connectivity index (χ3v) is 6.17. The van der Waals surface area contributed by atoms with Crippen LogP contribution in [0, 0.1) is 5.82 Å². The standard InChI is InChI=1S/C26H28FN5O3/c27-19-4-7-22-23(26(33)29-24(22)15-19)17-28-25-16-20(30-31-25)14-18-2-5-21(6-3-18)35-11-1-8-32-9-12-34-13-10-32/h2-7,15-17,23H,1,8-14H2,(H,29,33)(H,30,31). The molecule has 5 rings (SSSR count). The first-order chi connectivity index (χ1) is 17.1. The van der Waals surface area contributed by atoms with E-state index in [1.54, 1.807) is 12.3 Å². The fourth-order valence-corrected chi connectivity index (χ4v) is 4.29. The molecule has 35 heavy (non-hydrogen) atoms. The minimum Gasteiger partial charge on any atom is -0.494 e. The largest absolute Gasteiger partial charge is 0.494 e. The van der Waals surface area contributed by atoms with Crippen molar-refractivity contribution in [3.05, 3.63) is 71.2 Å². The second-order valence-corrected chi connectivity index (χ2v) is 8.70. The van der Waals surface area contributed by atoms with Crippen LogP contribution in [-0.4, -0.2) is 66.7 Å². The number of nitrogens with zero attached hydrogens (tertiary/aromatic N) is 3. The van der Waals surface area contributed by atoms with Gasteiger partial charge in [0.15, 0.2) is 5.82 Å². The van der Waals surface area contributed by atoms with Crippen LogP contribution in [0.1, 0.15) is 29.2 Å². The number of carbonyl (C=O) groups excluding carboxylic acids is 1. The Kier molecular flexibility index (Phi) is 7.15. The summed E-state index contributed by atoms with van der Waals surface area (Å²) in [6, 6.07) is 14.2. The van der Waals surface area contributed by atoms with Gasteiger partial charge in [0.2, 0.25) is 5.91 Å². The molecule has 1 saturated heterocycles. The molecule has 1 atom stereocenters. The van der Waals surface area contributed by atoms with Crippen LogP contribution in [-0.2, 0) is 16.0 Å². The van der Waals surface area contributed by atoms with E-state index in [4.69, 9.17) is 9.47 Å². The monoisotopic (exact) mass is 477 g/mol. The van der Waals surface area contributed by atoms with Gasteiger partial charge in [-0.05, 0) is 41.8 Å². The molecule has 0 radical (unpaired) electrons. The highest BCUT2D eigenvalue weighted by molar-refractivity contribution is 6.12. The number of H-pyrrole nitrogens is 1. The molecule has 1 amide bonds. The van der Waals surface area contributed by atoms with Crippen LogP contribution in [0.2, 0.25) is 0 Å². The molecule has 182 valence electrons. The zero-order valence-electron chi connectivity index (χ0n) is 19.4. The number of aromatic nitrogens is 2. The number of benzene rings is 2. The number of carbonyl (C=O) groups is 1. The van der Waals surface area contributed by atoms with Crippen molar-refractivity contribution in [2.75, 3.05) is 44.8 Å². The molecule has 0 bridgehead atoms. The van der Waals surface area contributed by atoms with Crippen molar-refractivity contribution in [2.24, 2.45) is 4.99 Å². The van der Waals surface area contributed by atoms with Gasteiger partial charge in [0.1, 0.15) is 17.5 Å². The van der Waals surface area contributed by atoms with Gasteiger partial charge in [0.05, 0.1) is 19.8 Å². The molecule has 3 heterocycles. The number of amides is 1. The SMILES string of the molecule is O=C1Nc2cc(F)ccc2C1C=Nc1cc(Cc2ccc(OCCCN3CCOCC3)cc2)[nH]n1. The van der Waals surface area contributed by atoms with Crippen molar-refractivity contribution < 1.29 is 18.7 Å². The summed E-state index contributed by atoms with van der Waals surface area (Å²) >= 11 is 0. The first-order valence-electron chi connectivity index (χ1n) is 11.8. The maximum absolute atomic E-state index is 13.4. The topological polar surface area (TPSA) is 91.8 Å². The summed E-state index contributed by atoms with van der Waals surface area (Å²) in [6.07, 6.45) is 3.21. The van der Waals surface area contributed by atoms with E-state index in [9.17, 15) is 9.18 Å². The van der Waals surface area contributed by atoms with Gasteiger partial charge in [-0.1, -0.05) is 18.2 Å². The van der Waals surface area contributed by atoms with E-state index >= 15 is 0 Å². The van der Waals surface area contributed by atoms with E-state index < -0.39 is 5.92 Å². The lowest BCUT2D eigenvalue weighted by molar-refractivity contribution is -0.115. The zero-order chi connectivity index (χ0) is 24.0. The molecule has 0 spiro atoms. The molecule has 2 aliphatic heterocycles. The quantitative estimate of drug-likeness (QED) is 0.362. The number of hydrogen-bond donors (Lipinski definition) is 2. The minimum atomic E-state index is -0.563. The lowest BCUT2D eigenvalue weighted by atomic mass is 10.0. The van der Waals surface area contributed by atoms with E-state index in [2.05, 4.69) is 25.4 Å². The molecular formula is C26H28FN5O3. The number of rotatable bonds is 9. The van der Waals surface area contributed by atoms with Gasteiger partial charge in [-0.25, -0.2) is 9.38 Å². The summed E-state index contributed by atoms with van der Waals surface area (Å²) in [5, 5.41) is 9.90. The van der Waals surface area contributed by atoms with Crippen LogP contribution < -0.4 is 10.1 Å². The van der Waals surface area contributed by atoms with Crippen LogP contribution in [0.3, 0.4) is 0 Å². The Morgan fingerprint density at radius 1 is 1.17 bits per heavy atom. The summed E-state index contributed by atoms with van der Waals surface area (Å²) < 4.78 is 24.6. The molecule has 8 nitrogen and oxygen atoms in total. The van der Waals surface area contributed by atoms with Gasteiger partial charge < -0.3 is 14.8 Å². The van der Waals surface area contributed by atoms with Crippen LogP contribution in [0.15, 0.2) is 53.5 Å². The number of ether oxygens (including phenoxy) is 2. The second kappa shape index (κ2) is 10.8. The third-order valence-electron chi connectivity index (χ3n) is 6.17. The molecule has 1 aromatic heterocycles. The van der Waals surface area contributed by atoms with Crippen molar-refractivity contribution in [2.45, 2.75) is 18.8 Å². The summed E-state index contributed by atoms with van der Waals surface area (Å²) in [5.74, 6) is 0.173. The zero-order valence-corrected chi connectivity index (χ0v) is 19.4. The van der Waals surface area contributed by atoms with Gasteiger partial charge >= 0.3 is 0 Å². The molecule has 2 aromatic carbocycles. The van der Waals surface area contributed by atoms with Crippen molar-refractivity contribution in [3.8, 4) is 5.75 Å². The summed E-state index contributed by atoms with van der Waals surface area (Å²) in [4.78, 5) is 19.0. The van der Waals surface area contributed by atoms with Crippen LogP contribution in [0.25, 0.3) is 0 Å². The van der Waals surface area contributed by atoms with Crippen molar-refractivity contribution in [1.29, 1.82) is 0 Å². The summed E-state index contributed by atoms with van der Waals surface area (Å²) in [7, 11) is 0. The van der Waals surface area contributed by atoms with Gasteiger partial charge in [-0.15, -0.1) is 0 Å². The number of aliphatic imine (C=N–C) groups is 1. The molecule has 3 aromatic rings. The van der Waals surface area contributed by atoms with Gasteiger partial charge in [0.25, 0.3) is 0 Å². The first kappa shape index (κ1) is 23.2. The van der Waals surface area contributed by atoms with Crippen LogP contribution >= 0.6 is 0 Å². The lowest BCUT2D eigenvalue weighted by Gasteiger charge is -2.26. The Morgan fingerprint density at radius 2 is 2.00 bits per heavy atom. The van der Waals surface area contributed by atoms with Crippen molar-refractivity contribution in [3.63, 3.8) is 0 Å². The third kappa shape index (κ3) is 5.93. The van der Waals surface area contributed by atoms with Crippen LogP contribution in [0.5, 0.6) is 5.75 Å². The van der Waals surface area contributed by atoms with E-state index in [1.807, 2.05) is 30.3 Å². The molecule has 9 heteroatoms. The van der Waals surface area contributed by atoms with Crippen LogP contribution in [0.4, 0.5) is 15.9 Å². The molecule has 0 aliphatic carbocycles. The molecule has 1 fully saturated rings. The van der Waals surface area contributed by atoms with Crippen molar-refractivity contribution >= 4 is 23.6 Å². The Morgan fingerprint density at radius 3 is 2.83 bits per heavy atom. The fourth-order valence-electron chi connectivity index (χ4n) is 4.29. The number of morpholine rings is 1. The maximum atomic E-state index is 13.4. The summed E-state index contributed by atoms with van der Waals surface area (Å²) in [6.45, 7) is 5.36. The predicted octanol–water partition coefficient (Wildman–Crippen LogP) is 3.68. The Balaban J connectivity index is 1.11. The number of halogens is 1. The van der Waals surface area contributed by atoms with E-state index in [-0.39, 0.29) is 11.7 Å². The predicted molar refractivity (Wildman–Crippen MR) is 131 cm³/mol. The number of hydrogen-bond acceptors (Lipinski definition) is 6. The molecular weight excluding hydrogens is 449 g/mol. The molecule has 0 saturated carbocycles. The Hall–Kier alpha value is -3.56. The van der Waals surface area contributed by atoms with Gasteiger partial charge in [-0.3, -0.25) is 14.8 Å². The molecule has 2 aliphatic rings. The van der Waals surface area contributed by atoms with E-state index in [0.29, 0.717) is 30.1 Å². The maximum Gasteiger partial charge on any atom is 0.237 e. The number of aromatic amines is 1. The number of anilines is 1. The Labute approximate surface area is 203 Å². The first-order valence-corrected chi connectivity index (χ1v) is 11.8. The van der Waals surface area contributed by atoms with Gasteiger partial charge in [0, 0.05) is 49.7 Å². The number of nitrogens with one attached hydrogen (secondary N) is 2. The minimum absolute atomic E-state index is 0.228. The molecule has 1 unspecified atom stereocenters. The average Bonchev–Trinajstić information content (AvgIpc) is 3.44. The summed E-state index contributed by atoms with van der Waals surface area (Å²) in [5.41, 5.74) is 3.23. The smallest absolute Gasteiger partial charge is 0.237 e. The highest BCUT2D eigenvalue weighted by Gasteiger charge is 2.29. The normalized spacial score (nSPS) is 18.1. The number of fused-ring (bicyclic) bond motifs is 1. The highest BCUT2D eigenvalue weighted by Crippen LogP contribution is 2.32. The highest BCUT2D eigenvalue weighted by atomic mass is 19.1. The fraction of sp³-hybridized carbons (Fsp3) is 0.346. The Bertz CT molecular complexity index is 1190. The van der Waals surface area contributed by atoms with Crippen molar-refractivity contribution in [1.82, 2.24) is 15.1 Å². The molecule has 2 N–H and O–H groups in total.